The zero-order valence-electron chi connectivity index (χ0n) is 13.7. The van der Waals surface area contributed by atoms with E-state index in [2.05, 4.69) is 10.5 Å². The highest BCUT2D eigenvalue weighted by Crippen LogP contribution is 2.31. The second-order valence-corrected chi connectivity index (χ2v) is 6.46. The number of thioether (sulfide) groups is 1. The van der Waals surface area contributed by atoms with Gasteiger partial charge in [-0.1, -0.05) is 17.3 Å². The number of benzene rings is 1. The molecule has 0 bridgehead atoms. The van der Waals surface area contributed by atoms with Crippen LogP contribution in [0.3, 0.4) is 0 Å². The number of hydrogen-bond donors (Lipinski definition) is 1. The maximum absolute atomic E-state index is 12.9. The summed E-state index contributed by atoms with van der Waals surface area (Å²) in [7, 11) is 0. The topological polar surface area (TPSA) is 92.5 Å². The molecule has 1 saturated heterocycles. The van der Waals surface area contributed by atoms with Gasteiger partial charge in [0.2, 0.25) is 0 Å². The molecule has 0 saturated carbocycles. The summed E-state index contributed by atoms with van der Waals surface area (Å²) in [5.41, 5.74) is 0.749. The van der Waals surface area contributed by atoms with Gasteiger partial charge in [-0.2, -0.15) is 0 Å². The smallest absolute Gasteiger partial charge is 0.293 e. The van der Waals surface area contributed by atoms with Gasteiger partial charge in [0.05, 0.1) is 4.91 Å². The number of carbonyl (C=O) groups is 3. The SMILES string of the molecule is Cc1cc(C(=O)NCCN2C(=O)S/C(=C\c3ccc(F)cc3)C2=O)no1. The minimum atomic E-state index is -0.448. The van der Waals surface area contributed by atoms with E-state index in [9.17, 15) is 18.8 Å². The third-order valence-corrected chi connectivity index (χ3v) is 4.43. The Morgan fingerprint density at radius 1 is 1.35 bits per heavy atom. The number of halogens is 1. The maximum Gasteiger partial charge on any atom is 0.293 e. The van der Waals surface area contributed by atoms with Gasteiger partial charge in [0.25, 0.3) is 17.1 Å². The Labute approximate surface area is 152 Å². The number of aromatic nitrogens is 1. The molecule has 1 N–H and O–H groups in total. The lowest BCUT2D eigenvalue weighted by atomic mass is 10.2. The monoisotopic (exact) mass is 375 g/mol. The van der Waals surface area contributed by atoms with Crippen LogP contribution in [-0.4, -0.2) is 40.2 Å². The van der Waals surface area contributed by atoms with Crippen molar-refractivity contribution in [2.24, 2.45) is 0 Å². The molecule has 1 aliphatic rings. The molecule has 0 aliphatic carbocycles. The molecular weight excluding hydrogens is 361 g/mol. The number of hydrogen-bond acceptors (Lipinski definition) is 6. The molecule has 0 unspecified atom stereocenters. The van der Waals surface area contributed by atoms with Crippen molar-refractivity contribution in [3.05, 3.63) is 58.1 Å². The molecule has 1 aromatic carbocycles. The van der Waals surface area contributed by atoms with Crippen molar-refractivity contribution in [1.29, 1.82) is 0 Å². The van der Waals surface area contributed by atoms with Gasteiger partial charge in [-0.15, -0.1) is 0 Å². The van der Waals surface area contributed by atoms with Crippen molar-refractivity contribution in [3.8, 4) is 0 Å². The van der Waals surface area contributed by atoms with Crippen LogP contribution in [0, 0.1) is 12.7 Å². The Kier molecular flexibility index (Phi) is 5.17. The van der Waals surface area contributed by atoms with Gasteiger partial charge in [0.15, 0.2) is 5.69 Å². The summed E-state index contributed by atoms with van der Waals surface area (Å²) in [6.45, 7) is 1.79. The highest BCUT2D eigenvalue weighted by molar-refractivity contribution is 8.18. The summed E-state index contributed by atoms with van der Waals surface area (Å²) in [4.78, 5) is 37.5. The molecule has 2 aromatic rings. The zero-order chi connectivity index (χ0) is 18.7. The van der Waals surface area contributed by atoms with E-state index in [-0.39, 0.29) is 29.5 Å². The number of amides is 3. The lowest BCUT2D eigenvalue weighted by Gasteiger charge is -2.12. The molecule has 134 valence electrons. The Bertz CT molecular complexity index is 892. The first-order valence-corrected chi connectivity index (χ1v) is 8.48. The average Bonchev–Trinajstić information content (AvgIpc) is 3.15. The summed E-state index contributed by atoms with van der Waals surface area (Å²) in [5.74, 6) is -0.771. The molecule has 7 nitrogen and oxygen atoms in total. The van der Waals surface area contributed by atoms with Crippen molar-refractivity contribution in [2.75, 3.05) is 13.1 Å². The molecule has 2 heterocycles. The Morgan fingerprint density at radius 3 is 2.73 bits per heavy atom. The van der Waals surface area contributed by atoms with Crippen molar-refractivity contribution < 1.29 is 23.3 Å². The van der Waals surface area contributed by atoms with E-state index in [4.69, 9.17) is 4.52 Å². The fraction of sp³-hybridized carbons (Fsp3) is 0.176. The molecule has 0 radical (unpaired) electrons. The first-order chi connectivity index (χ1) is 12.4. The van der Waals surface area contributed by atoms with Crippen LogP contribution in [0.4, 0.5) is 9.18 Å². The second kappa shape index (κ2) is 7.52. The third-order valence-electron chi connectivity index (χ3n) is 3.52. The Balaban J connectivity index is 1.58. The molecule has 1 fully saturated rings. The number of imide groups is 1. The average molecular weight is 375 g/mol. The maximum atomic E-state index is 12.9. The van der Waals surface area contributed by atoms with Gasteiger partial charge < -0.3 is 9.84 Å². The van der Waals surface area contributed by atoms with E-state index >= 15 is 0 Å². The lowest BCUT2D eigenvalue weighted by molar-refractivity contribution is -0.122. The Morgan fingerprint density at radius 2 is 2.08 bits per heavy atom. The minimum absolute atomic E-state index is 0.0357. The predicted molar refractivity (Wildman–Crippen MR) is 92.7 cm³/mol. The van der Waals surface area contributed by atoms with Crippen LogP contribution in [0.5, 0.6) is 0 Å². The van der Waals surface area contributed by atoms with E-state index in [1.807, 2.05) is 0 Å². The minimum Gasteiger partial charge on any atom is -0.361 e. The fourth-order valence-corrected chi connectivity index (χ4v) is 3.11. The molecule has 1 aliphatic heterocycles. The number of aryl methyl sites for hydroxylation is 1. The van der Waals surface area contributed by atoms with Crippen LogP contribution in [0.15, 0.2) is 39.8 Å². The van der Waals surface area contributed by atoms with Gasteiger partial charge in [-0.25, -0.2) is 4.39 Å². The van der Waals surface area contributed by atoms with Crippen LogP contribution in [0.1, 0.15) is 21.8 Å². The van der Waals surface area contributed by atoms with E-state index in [1.54, 1.807) is 6.92 Å². The molecule has 26 heavy (non-hydrogen) atoms. The lowest BCUT2D eigenvalue weighted by Crippen LogP contribution is -2.37. The number of rotatable bonds is 5. The van der Waals surface area contributed by atoms with Crippen LogP contribution in [-0.2, 0) is 4.79 Å². The standard InChI is InChI=1S/C17H14FN3O4S/c1-10-8-13(20-25-10)15(22)19-6-7-21-16(23)14(26-17(21)24)9-11-2-4-12(18)5-3-11/h2-5,8-9H,6-7H2,1H3,(H,19,22)/b14-9-. The third kappa shape index (κ3) is 3.99. The highest BCUT2D eigenvalue weighted by Gasteiger charge is 2.34. The van der Waals surface area contributed by atoms with E-state index in [0.717, 1.165) is 16.7 Å². The fourth-order valence-electron chi connectivity index (χ4n) is 2.25. The van der Waals surface area contributed by atoms with Crippen molar-refractivity contribution >= 4 is 34.9 Å². The predicted octanol–water partition coefficient (Wildman–Crippen LogP) is 2.59. The number of nitrogens with one attached hydrogen (secondary N) is 1. The van der Waals surface area contributed by atoms with Crippen molar-refractivity contribution in [2.45, 2.75) is 6.92 Å². The summed E-state index contributed by atoms with van der Waals surface area (Å²) in [6, 6.07) is 7.07. The molecule has 9 heteroatoms. The van der Waals surface area contributed by atoms with Gasteiger partial charge in [-0.05, 0) is 42.5 Å². The van der Waals surface area contributed by atoms with E-state index in [1.165, 1.54) is 36.4 Å². The normalized spacial score (nSPS) is 15.8. The first-order valence-electron chi connectivity index (χ1n) is 7.66. The van der Waals surface area contributed by atoms with Crippen molar-refractivity contribution in [3.63, 3.8) is 0 Å². The molecule has 1 aromatic heterocycles. The number of carbonyl (C=O) groups excluding carboxylic acids is 3. The largest absolute Gasteiger partial charge is 0.361 e. The quantitative estimate of drug-likeness (QED) is 0.808. The number of nitrogens with zero attached hydrogens (tertiary/aromatic N) is 2. The first kappa shape index (κ1) is 17.9. The van der Waals surface area contributed by atoms with Gasteiger partial charge >= 0.3 is 0 Å². The van der Waals surface area contributed by atoms with E-state index < -0.39 is 17.1 Å². The Hall–Kier alpha value is -2.94. The molecule has 0 atom stereocenters. The molecule has 3 amide bonds. The summed E-state index contributed by atoms with van der Waals surface area (Å²) in [6.07, 6.45) is 1.53. The van der Waals surface area contributed by atoms with Gasteiger partial charge in [0, 0.05) is 19.2 Å². The van der Waals surface area contributed by atoms with Gasteiger partial charge in [-0.3, -0.25) is 19.3 Å². The van der Waals surface area contributed by atoms with Crippen LogP contribution in [0.2, 0.25) is 0 Å². The zero-order valence-corrected chi connectivity index (χ0v) is 14.5. The molecular formula is C17H14FN3O4S. The van der Waals surface area contributed by atoms with Crippen LogP contribution >= 0.6 is 11.8 Å². The van der Waals surface area contributed by atoms with Crippen LogP contribution < -0.4 is 5.32 Å². The summed E-state index contributed by atoms with van der Waals surface area (Å²) >= 11 is 0.804. The summed E-state index contributed by atoms with van der Waals surface area (Å²) in [5, 5.41) is 5.74. The van der Waals surface area contributed by atoms with Crippen molar-refractivity contribution in [1.82, 2.24) is 15.4 Å². The highest BCUT2D eigenvalue weighted by atomic mass is 32.2. The summed E-state index contributed by atoms with van der Waals surface area (Å²) < 4.78 is 17.7. The van der Waals surface area contributed by atoms with Crippen LogP contribution in [0.25, 0.3) is 6.08 Å². The molecule has 3 rings (SSSR count). The van der Waals surface area contributed by atoms with E-state index in [0.29, 0.717) is 11.3 Å². The molecule has 0 spiro atoms. The van der Waals surface area contributed by atoms with Gasteiger partial charge in [0.1, 0.15) is 11.6 Å². The second-order valence-electron chi connectivity index (χ2n) is 5.46.